The predicted molar refractivity (Wildman–Crippen MR) is 151 cm³/mol. The number of piperazine rings is 1. The lowest BCUT2D eigenvalue weighted by Gasteiger charge is -2.33. The van der Waals surface area contributed by atoms with Crippen molar-refractivity contribution in [2.24, 2.45) is 11.8 Å². The van der Waals surface area contributed by atoms with Crippen molar-refractivity contribution >= 4 is 34.3 Å². The van der Waals surface area contributed by atoms with Gasteiger partial charge in [0, 0.05) is 55.7 Å². The third-order valence-electron chi connectivity index (χ3n) is 7.93. The second-order valence-corrected chi connectivity index (χ2v) is 11.8. The molecule has 1 aromatic carbocycles. The fraction of sp³-hybridized carbons (Fsp3) is 0.621. The number of likely N-dealkylation sites (N-methyl/N-ethyl adjacent to an activating group) is 1. The molecule has 2 heterocycles. The van der Waals surface area contributed by atoms with Crippen molar-refractivity contribution in [2.75, 3.05) is 39.8 Å². The molecule has 2 aliphatic rings. The minimum Gasteiger partial charge on any atom is -0.347 e. The molecule has 8 nitrogen and oxygen atoms in total. The lowest BCUT2D eigenvalue weighted by atomic mass is 9.83. The number of benzene rings is 1. The van der Waals surface area contributed by atoms with Crippen molar-refractivity contribution in [2.45, 2.75) is 64.6 Å². The Morgan fingerprint density at radius 3 is 2.55 bits per heavy atom. The summed E-state index contributed by atoms with van der Waals surface area (Å²) in [7, 11) is 2.14. The van der Waals surface area contributed by atoms with Gasteiger partial charge in [0.1, 0.15) is 11.7 Å². The van der Waals surface area contributed by atoms with Crippen LogP contribution in [-0.4, -0.2) is 78.0 Å². The average molecular weight is 541 g/mol. The Labute approximate surface area is 231 Å². The molecule has 3 unspecified atom stereocenters. The number of aromatic nitrogens is 1. The number of amides is 2. The smallest absolute Gasteiger partial charge is 0.268 e. The normalized spacial score (nSPS) is 21.8. The molecule has 1 aliphatic heterocycles. The quantitative estimate of drug-likeness (QED) is 0.503. The molecule has 0 radical (unpaired) electrons. The van der Waals surface area contributed by atoms with Crippen LogP contribution in [0.2, 0.25) is 5.02 Å². The molecular weight excluding hydrogens is 500 g/mol. The van der Waals surface area contributed by atoms with E-state index in [1.807, 2.05) is 38.1 Å². The van der Waals surface area contributed by atoms with Crippen molar-refractivity contribution < 1.29 is 9.59 Å². The summed E-state index contributed by atoms with van der Waals surface area (Å²) in [5.74, 6) is -0.333. The van der Waals surface area contributed by atoms with Gasteiger partial charge in [-0.25, -0.2) is 0 Å². The van der Waals surface area contributed by atoms with Crippen LogP contribution in [0.4, 0.5) is 0 Å². The molecule has 1 aromatic heterocycles. The van der Waals surface area contributed by atoms with Crippen molar-refractivity contribution in [3.63, 3.8) is 0 Å². The van der Waals surface area contributed by atoms with Gasteiger partial charge in [0.15, 0.2) is 0 Å². The van der Waals surface area contributed by atoms with E-state index in [9.17, 15) is 14.9 Å². The summed E-state index contributed by atoms with van der Waals surface area (Å²) in [6.07, 6.45) is 3.97. The summed E-state index contributed by atoms with van der Waals surface area (Å²) in [5.41, 5.74) is 1.54. The van der Waals surface area contributed by atoms with Crippen molar-refractivity contribution in [3.05, 3.63) is 35.0 Å². The largest absolute Gasteiger partial charge is 0.347 e. The number of hydrogen-bond acceptors (Lipinski definition) is 5. The molecule has 2 fully saturated rings. The van der Waals surface area contributed by atoms with Gasteiger partial charge in [-0.15, -0.1) is 0 Å². The van der Waals surface area contributed by atoms with E-state index in [2.05, 4.69) is 38.1 Å². The number of carbonyl (C=O) groups excluding carboxylic acids is 2. The molecule has 1 saturated heterocycles. The zero-order chi connectivity index (χ0) is 27.2. The lowest BCUT2D eigenvalue weighted by molar-refractivity contribution is -0.127. The molecule has 1 saturated carbocycles. The third kappa shape index (κ3) is 7.07. The zero-order valence-electron chi connectivity index (χ0n) is 22.9. The highest BCUT2D eigenvalue weighted by Crippen LogP contribution is 2.27. The second kappa shape index (κ2) is 13.0. The number of carbonyl (C=O) groups is 2. The van der Waals surface area contributed by atoms with Crippen LogP contribution < -0.4 is 10.6 Å². The Bertz CT molecular complexity index is 1160. The van der Waals surface area contributed by atoms with Crippen molar-refractivity contribution in [1.29, 1.82) is 5.26 Å². The summed E-state index contributed by atoms with van der Waals surface area (Å²) in [4.78, 5) is 31.7. The molecule has 9 heteroatoms. The Hall–Kier alpha value is -2.60. The van der Waals surface area contributed by atoms with E-state index in [4.69, 9.17) is 11.6 Å². The summed E-state index contributed by atoms with van der Waals surface area (Å²) in [5, 5.41) is 17.3. The molecular formula is C29H41ClN6O2. The minimum absolute atomic E-state index is 0.135. The number of nitrogens with zero attached hydrogens (tertiary/aromatic N) is 4. The number of nitrogens with one attached hydrogen (secondary N) is 2. The van der Waals surface area contributed by atoms with Gasteiger partial charge in [0.25, 0.3) is 5.91 Å². The summed E-state index contributed by atoms with van der Waals surface area (Å²) >= 11 is 6.34. The molecule has 1 aliphatic carbocycles. The zero-order valence-corrected chi connectivity index (χ0v) is 23.6. The van der Waals surface area contributed by atoms with E-state index in [1.54, 1.807) is 0 Å². The van der Waals surface area contributed by atoms with E-state index in [-0.39, 0.29) is 23.8 Å². The predicted octanol–water partition coefficient (Wildman–Crippen LogP) is 3.89. The first-order valence-corrected chi connectivity index (χ1v) is 14.3. The lowest BCUT2D eigenvalue weighted by Crippen LogP contribution is -2.50. The van der Waals surface area contributed by atoms with Crippen LogP contribution in [0.5, 0.6) is 0 Å². The van der Waals surface area contributed by atoms with Gasteiger partial charge in [0.05, 0.1) is 17.5 Å². The number of rotatable bonds is 9. The van der Waals surface area contributed by atoms with Crippen molar-refractivity contribution in [3.8, 4) is 6.07 Å². The van der Waals surface area contributed by atoms with Crippen LogP contribution in [0.1, 0.15) is 56.4 Å². The SMILES string of the molecule is CC(C)CC(C#N)NC(=O)C1CCCCC1NC(=O)c1cc2ccc(Cl)cc2n1CCN1CCN(C)CC1. The van der Waals surface area contributed by atoms with E-state index < -0.39 is 6.04 Å². The first-order valence-electron chi connectivity index (χ1n) is 14.0. The van der Waals surface area contributed by atoms with E-state index in [1.165, 1.54) is 0 Å². The Kier molecular flexibility index (Phi) is 9.69. The molecule has 0 bridgehead atoms. The van der Waals surface area contributed by atoms with Crippen LogP contribution in [0.25, 0.3) is 10.9 Å². The van der Waals surface area contributed by atoms with Gasteiger partial charge >= 0.3 is 0 Å². The number of nitriles is 1. The fourth-order valence-electron chi connectivity index (χ4n) is 5.72. The Balaban J connectivity index is 1.51. The third-order valence-corrected chi connectivity index (χ3v) is 8.17. The molecule has 206 valence electrons. The standard InChI is InChI=1S/C29H41ClN6O2/c1-20(2)16-23(19-31)32-28(37)24-6-4-5-7-25(24)33-29(38)27-17-21-8-9-22(30)18-26(21)36(27)15-14-35-12-10-34(3)11-13-35/h8-9,17-18,20,23-25H,4-7,10-16H2,1-3H3,(H,32,37)(H,33,38). The van der Waals surface area contributed by atoms with Crippen LogP contribution >= 0.6 is 11.6 Å². The van der Waals surface area contributed by atoms with E-state index >= 15 is 0 Å². The first-order chi connectivity index (χ1) is 18.2. The first kappa shape index (κ1) is 28.4. The number of fused-ring (bicyclic) bond motifs is 1. The molecule has 4 rings (SSSR count). The highest BCUT2D eigenvalue weighted by molar-refractivity contribution is 6.31. The molecule has 2 N–H and O–H groups in total. The van der Waals surface area contributed by atoms with Crippen molar-refractivity contribution in [1.82, 2.24) is 25.0 Å². The molecule has 2 amide bonds. The maximum Gasteiger partial charge on any atom is 0.268 e. The second-order valence-electron chi connectivity index (χ2n) is 11.3. The van der Waals surface area contributed by atoms with Gasteiger partial charge in [-0.05, 0) is 50.4 Å². The molecule has 38 heavy (non-hydrogen) atoms. The fourth-order valence-corrected chi connectivity index (χ4v) is 5.89. The van der Waals surface area contributed by atoms with Crippen LogP contribution in [0.15, 0.2) is 24.3 Å². The van der Waals surface area contributed by atoms with Gasteiger partial charge < -0.3 is 20.1 Å². The van der Waals surface area contributed by atoms with Gasteiger partial charge in [0.2, 0.25) is 5.91 Å². The highest BCUT2D eigenvalue weighted by Gasteiger charge is 2.34. The van der Waals surface area contributed by atoms with Crippen LogP contribution in [-0.2, 0) is 11.3 Å². The summed E-state index contributed by atoms with van der Waals surface area (Å²) in [6, 6.07) is 9.09. The topological polar surface area (TPSA) is 93.4 Å². The monoisotopic (exact) mass is 540 g/mol. The highest BCUT2D eigenvalue weighted by atomic mass is 35.5. The molecule has 2 aromatic rings. The van der Waals surface area contributed by atoms with E-state index in [0.29, 0.717) is 36.0 Å². The molecule has 0 spiro atoms. The number of halogens is 1. The summed E-state index contributed by atoms with van der Waals surface area (Å²) in [6.45, 7) is 9.72. The van der Waals surface area contributed by atoms with Gasteiger partial charge in [-0.1, -0.05) is 44.4 Å². The minimum atomic E-state index is -0.511. The Morgan fingerprint density at radius 2 is 1.84 bits per heavy atom. The molecule has 3 atom stereocenters. The number of hydrogen-bond donors (Lipinski definition) is 2. The Morgan fingerprint density at radius 1 is 1.11 bits per heavy atom. The maximum absolute atomic E-state index is 13.7. The van der Waals surface area contributed by atoms with Crippen LogP contribution in [0, 0.1) is 23.2 Å². The summed E-state index contributed by atoms with van der Waals surface area (Å²) < 4.78 is 2.07. The van der Waals surface area contributed by atoms with Crippen LogP contribution in [0.3, 0.4) is 0 Å². The van der Waals surface area contributed by atoms with Gasteiger partial charge in [-0.3, -0.25) is 14.5 Å². The van der Waals surface area contributed by atoms with Gasteiger partial charge in [-0.2, -0.15) is 5.26 Å². The maximum atomic E-state index is 13.7. The van der Waals surface area contributed by atoms with E-state index in [0.717, 1.165) is 62.9 Å². The average Bonchev–Trinajstić information content (AvgIpc) is 3.25.